The molecule has 0 fully saturated rings. The highest BCUT2D eigenvalue weighted by Crippen LogP contribution is 2.33. The maximum atomic E-state index is 13.2. The van der Waals surface area contributed by atoms with Gasteiger partial charge in [-0.2, -0.15) is 0 Å². The van der Waals surface area contributed by atoms with Gasteiger partial charge in [-0.25, -0.2) is 4.98 Å². The molecule has 0 radical (unpaired) electrons. The van der Waals surface area contributed by atoms with Crippen LogP contribution in [-0.2, 0) is 14.3 Å². The number of ether oxygens (including phenoxy) is 1. The van der Waals surface area contributed by atoms with Crippen LogP contribution in [0.3, 0.4) is 0 Å². The number of hydrogen-bond acceptors (Lipinski definition) is 6. The highest BCUT2D eigenvalue weighted by molar-refractivity contribution is 7.18. The van der Waals surface area contributed by atoms with Gasteiger partial charge in [0.25, 0.3) is 0 Å². The van der Waals surface area contributed by atoms with Crippen molar-refractivity contribution >= 4 is 33.3 Å². The Morgan fingerprint density at radius 1 is 1.15 bits per heavy atom. The first-order chi connectivity index (χ1) is 16.0. The second kappa shape index (κ2) is 11.1. The molecule has 2 aromatic rings. The van der Waals surface area contributed by atoms with Crippen molar-refractivity contribution in [2.45, 2.75) is 92.3 Å². The summed E-state index contributed by atoms with van der Waals surface area (Å²) in [4.78, 5) is 30.6. The molecule has 4 atom stereocenters. The molecule has 34 heavy (non-hydrogen) atoms. The lowest BCUT2D eigenvalue weighted by atomic mass is 9.74. The minimum Gasteiger partial charge on any atom is -0.457 e. The largest absolute Gasteiger partial charge is 0.457 e. The molecule has 0 spiro atoms. The molecular formula is C28H39NO4S. The fourth-order valence-corrected chi connectivity index (χ4v) is 5.62. The number of nitrogens with zero attached hydrogens (tertiary/aromatic N) is 1. The zero-order valence-electron chi connectivity index (χ0n) is 21.4. The number of Topliss-reactive ketones (excluding diaryl/α,β-unsaturated/α-hetero) is 1. The molecule has 1 unspecified atom stereocenters. The summed E-state index contributed by atoms with van der Waals surface area (Å²) in [6.07, 6.45) is 4.97. The number of aliphatic hydroxyl groups is 1. The third kappa shape index (κ3) is 6.54. The first-order valence-electron chi connectivity index (χ1n) is 12.4. The fourth-order valence-electron chi connectivity index (χ4n) is 4.82. The molecule has 5 nitrogen and oxygen atoms in total. The van der Waals surface area contributed by atoms with Gasteiger partial charge in [-0.1, -0.05) is 45.4 Å². The quantitative estimate of drug-likeness (QED) is 0.358. The van der Waals surface area contributed by atoms with Crippen LogP contribution in [-0.4, -0.2) is 27.9 Å². The number of aliphatic hydroxyl groups excluding tert-OH is 1. The van der Waals surface area contributed by atoms with Crippen molar-refractivity contribution in [2.24, 2.45) is 17.3 Å². The number of benzene rings is 1. The zero-order valence-corrected chi connectivity index (χ0v) is 22.2. The van der Waals surface area contributed by atoms with Crippen LogP contribution in [0.2, 0.25) is 0 Å². The molecular weight excluding hydrogens is 446 g/mol. The second-order valence-corrected chi connectivity index (χ2v) is 11.9. The van der Waals surface area contributed by atoms with E-state index >= 15 is 0 Å². The van der Waals surface area contributed by atoms with E-state index in [4.69, 9.17) is 4.74 Å². The summed E-state index contributed by atoms with van der Waals surface area (Å²) < 4.78 is 7.09. The molecule has 0 aliphatic carbocycles. The lowest BCUT2D eigenvalue weighted by Gasteiger charge is -2.31. The van der Waals surface area contributed by atoms with E-state index in [0.29, 0.717) is 12.8 Å². The molecule has 6 heteroatoms. The number of rotatable bonds is 1. The van der Waals surface area contributed by atoms with Crippen molar-refractivity contribution < 1.29 is 19.4 Å². The van der Waals surface area contributed by atoms with Crippen LogP contribution in [0.4, 0.5) is 0 Å². The Morgan fingerprint density at radius 3 is 2.62 bits per heavy atom. The van der Waals surface area contributed by atoms with Gasteiger partial charge in [0.05, 0.1) is 21.3 Å². The second-order valence-electron chi connectivity index (χ2n) is 10.6. The number of carbonyl (C=O) groups is 2. The van der Waals surface area contributed by atoms with Crippen LogP contribution >= 0.6 is 11.3 Å². The predicted octanol–water partition coefficient (Wildman–Crippen LogP) is 6.72. The van der Waals surface area contributed by atoms with E-state index < -0.39 is 17.4 Å². The van der Waals surface area contributed by atoms with E-state index in [1.807, 2.05) is 46.8 Å². The number of carbonyl (C=O) groups excluding carboxylic acids is 2. The molecule has 1 N–H and O–H groups in total. The molecule has 1 aromatic carbocycles. The van der Waals surface area contributed by atoms with Crippen molar-refractivity contribution in [3.63, 3.8) is 0 Å². The van der Waals surface area contributed by atoms with E-state index in [2.05, 4.69) is 24.1 Å². The molecule has 1 aromatic heterocycles. The summed E-state index contributed by atoms with van der Waals surface area (Å²) in [6, 6.07) is 6.10. The predicted molar refractivity (Wildman–Crippen MR) is 138 cm³/mol. The van der Waals surface area contributed by atoms with Crippen molar-refractivity contribution in [1.82, 2.24) is 4.98 Å². The van der Waals surface area contributed by atoms with Crippen molar-refractivity contribution in [3.8, 4) is 0 Å². The molecule has 0 saturated carbocycles. The Hall–Kier alpha value is -2.05. The lowest BCUT2D eigenvalue weighted by Crippen LogP contribution is -2.39. The average Bonchev–Trinajstić information content (AvgIpc) is 3.17. The van der Waals surface area contributed by atoms with Gasteiger partial charge >= 0.3 is 5.97 Å². The number of aromatic nitrogens is 1. The summed E-state index contributed by atoms with van der Waals surface area (Å²) in [5.74, 6) is -0.725. The summed E-state index contributed by atoms with van der Waals surface area (Å²) >= 11 is 1.65. The van der Waals surface area contributed by atoms with Gasteiger partial charge in [-0.15, -0.1) is 11.3 Å². The molecule has 0 saturated heterocycles. The normalized spacial score (nSPS) is 29.4. The summed E-state index contributed by atoms with van der Waals surface area (Å²) in [6.45, 7) is 11.7. The Morgan fingerprint density at radius 2 is 1.88 bits per heavy atom. The molecule has 1 aliphatic rings. The Balaban J connectivity index is 1.87. The molecule has 3 rings (SSSR count). The maximum absolute atomic E-state index is 13.2. The van der Waals surface area contributed by atoms with Crippen LogP contribution in [0, 0.1) is 24.2 Å². The maximum Gasteiger partial charge on any atom is 0.306 e. The number of cyclic esters (lactones) is 1. The van der Waals surface area contributed by atoms with E-state index in [1.54, 1.807) is 11.3 Å². The van der Waals surface area contributed by atoms with Crippen molar-refractivity contribution in [1.29, 1.82) is 0 Å². The minimum atomic E-state index is -0.709. The number of thiazole rings is 1. The third-order valence-electron chi connectivity index (χ3n) is 7.21. The first kappa shape index (κ1) is 26.6. The van der Waals surface area contributed by atoms with Gasteiger partial charge in [0.2, 0.25) is 0 Å². The highest BCUT2D eigenvalue weighted by Gasteiger charge is 2.37. The van der Waals surface area contributed by atoms with Gasteiger partial charge in [0.1, 0.15) is 11.9 Å². The van der Waals surface area contributed by atoms with Crippen molar-refractivity contribution in [2.75, 3.05) is 0 Å². The monoisotopic (exact) mass is 485 g/mol. The molecule has 0 bridgehead atoms. The van der Waals surface area contributed by atoms with Crippen LogP contribution in [0.5, 0.6) is 0 Å². The minimum absolute atomic E-state index is 0.00345. The van der Waals surface area contributed by atoms with Crippen LogP contribution in [0.1, 0.15) is 89.8 Å². The number of aryl methyl sites for hydroxylation is 1. The van der Waals surface area contributed by atoms with Gasteiger partial charge < -0.3 is 9.84 Å². The summed E-state index contributed by atoms with van der Waals surface area (Å²) in [5, 5.41) is 11.8. The van der Waals surface area contributed by atoms with E-state index in [1.165, 1.54) is 5.57 Å². The highest BCUT2D eigenvalue weighted by atomic mass is 32.1. The Kier molecular flexibility index (Phi) is 8.69. The third-order valence-corrected chi connectivity index (χ3v) is 8.16. The number of allylic oxidation sites excluding steroid dienone is 1. The number of ketones is 1. The van der Waals surface area contributed by atoms with Gasteiger partial charge in [-0.3, -0.25) is 9.59 Å². The van der Waals surface area contributed by atoms with Crippen molar-refractivity contribution in [3.05, 3.63) is 40.4 Å². The van der Waals surface area contributed by atoms with Gasteiger partial charge in [-0.05, 0) is 63.1 Å². The fraction of sp³-hybridized carbons (Fsp3) is 0.607. The SMILES string of the molecule is C/C1=C/CC(c2ccc3sc(C)nc3c2)OC(=O)CCC(C)(C)C(=O)[C@H](C)[C@@H](O)[C@@H](C)CCC1. The van der Waals surface area contributed by atoms with Gasteiger partial charge in [0.15, 0.2) is 0 Å². The molecule has 1 aliphatic heterocycles. The van der Waals surface area contributed by atoms with E-state index in [9.17, 15) is 14.7 Å². The zero-order chi connectivity index (χ0) is 25.0. The van der Waals surface area contributed by atoms with Crippen LogP contribution in [0.15, 0.2) is 29.8 Å². The van der Waals surface area contributed by atoms with Crippen LogP contribution in [0.25, 0.3) is 10.2 Å². The first-order valence-corrected chi connectivity index (χ1v) is 13.2. The standard InChI is InChI=1S/C28H39NO4S/c1-17-8-7-9-18(2)26(31)19(3)27(32)28(5,6)15-14-25(30)33-23(12-10-17)21-11-13-24-22(16-21)29-20(4)34-24/h10-11,13,16,18-19,23,26,31H,7-9,12,14-15H2,1-6H3/b17-10-/t18-,19+,23?,26-/m0/s1. The molecule has 186 valence electrons. The Bertz CT molecular complexity index is 1050. The Labute approximate surface area is 207 Å². The van der Waals surface area contributed by atoms with E-state index in [-0.39, 0.29) is 30.2 Å². The number of esters is 1. The number of hydrogen-bond donors (Lipinski definition) is 1. The topological polar surface area (TPSA) is 76.5 Å². The molecule has 2 heterocycles. The van der Waals surface area contributed by atoms with E-state index in [0.717, 1.165) is 40.1 Å². The summed E-state index contributed by atoms with van der Waals surface area (Å²) in [7, 11) is 0. The molecule has 0 amide bonds. The lowest BCUT2D eigenvalue weighted by molar-refractivity contribution is -0.150. The average molecular weight is 486 g/mol. The smallest absolute Gasteiger partial charge is 0.306 e. The number of fused-ring (bicyclic) bond motifs is 1. The van der Waals surface area contributed by atoms with Crippen LogP contribution < -0.4 is 0 Å². The summed E-state index contributed by atoms with van der Waals surface area (Å²) in [5.41, 5.74) is 2.40. The van der Waals surface area contributed by atoms with Gasteiger partial charge in [0, 0.05) is 24.2 Å².